The number of sulfonamides is 1. The molecular weight excluding hydrogens is 320 g/mol. The molecular formula is C9H10N6O2S3. The quantitative estimate of drug-likeness (QED) is 0.467. The minimum Gasteiger partial charge on any atom is -0.306 e. The Bertz CT molecular complexity index is 819. The summed E-state index contributed by atoms with van der Waals surface area (Å²) in [5.74, 6) is 5.45. The van der Waals surface area contributed by atoms with Crippen molar-refractivity contribution in [2.24, 2.45) is 5.84 Å². The zero-order valence-electron chi connectivity index (χ0n) is 9.98. The van der Waals surface area contributed by atoms with E-state index in [1.165, 1.54) is 27.1 Å². The highest BCUT2D eigenvalue weighted by atomic mass is 32.2. The number of aromatic nitrogens is 3. The van der Waals surface area contributed by atoms with Crippen molar-refractivity contribution in [2.75, 3.05) is 5.43 Å². The van der Waals surface area contributed by atoms with Crippen LogP contribution in [0, 0.1) is 0 Å². The second-order valence-corrected chi connectivity index (χ2v) is 7.04. The minimum atomic E-state index is -3.75. The Balaban J connectivity index is 1.97. The van der Waals surface area contributed by atoms with Crippen molar-refractivity contribution in [3.8, 4) is 0 Å². The summed E-state index contributed by atoms with van der Waals surface area (Å²) < 4.78 is 28.7. The van der Waals surface area contributed by atoms with E-state index in [1.807, 2.05) is 0 Å². The van der Waals surface area contributed by atoms with Gasteiger partial charge >= 0.3 is 0 Å². The molecule has 0 aromatic carbocycles. The van der Waals surface area contributed by atoms with Crippen molar-refractivity contribution in [1.82, 2.24) is 19.1 Å². The number of imidazole rings is 1. The SMILES string of the molecule is NNc1nc2sccn2c1S(=O)(=O)NCc1cscn1. The van der Waals surface area contributed by atoms with Crippen LogP contribution in [0.2, 0.25) is 0 Å². The summed E-state index contributed by atoms with van der Waals surface area (Å²) in [7, 11) is -3.75. The van der Waals surface area contributed by atoms with E-state index in [1.54, 1.807) is 22.5 Å². The molecule has 0 unspecified atom stereocenters. The standard InChI is InChI=1S/C9H10N6O2S3/c10-14-7-8(15-1-2-19-9(15)13-7)20(16,17)12-3-6-4-18-5-11-6/h1-2,4-5,12,14H,3,10H2. The molecule has 3 heterocycles. The predicted octanol–water partition coefficient (Wildman–Crippen LogP) is 0.616. The van der Waals surface area contributed by atoms with E-state index in [0.717, 1.165) is 0 Å². The van der Waals surface area contributed by atoms with Gasteiger partial charge in [-0.3, -0.25) is 4.40 Å². The number of hydrazine groups is 1. The summed E-state index contributed by atoms with van der Waals surface area (Å²) in [5, 5.41) is 3.52. The lowest BCUT2D eigenvalue weighted by molar-refractivity contribution is 0.576. The molecule has 0 spiro atoms. The molecule has 3 aromatic rings. The number of nitrogens with zero attached hydrogens (tertiary/aromatic N) is 3. The van der Waals surface area contributed by atoms with Gasteiger partial charge in [0.1, 0.15) is 0 Å². The maximum absolute atomic E-state index is 12.4. The highest BCUT2D eigenvalue weighted by Crippen LogP contribution is 2.24. The fourth-order valence-corrected chi connectivity index (χ4v) is 4.25. The maximum Gasteiger partial charge on any atom is 0.260 e. The molecule has 4 N–H and O–H groups in total. The van der Waals surface area contributed by atoms with Crippen molar-refractivity contribution < 1.29 is 8.42 Å². The van der Waals surface area contributed by atoms with Gasteiger partial charge in [-0.1, -0.05) is 0 Å². The van der Waals surface area contributed by atoms with Gasteiger partial charge in [0.2, 0.25) is 5.03 Å². The minimum absolute atomic E-state index is 0.00789. The molecule has 0 saturated carbocycles. The Morgan fingerprint density at radius 1 is 1.45 bits per heavy atom. The fourth-order valence-electron chi connectivity index (χ4n) is 1.68. The van der Waals surface area contributed by atoms with Crippen LogP contribution in [-0.2, 0) is 16.6 Å². The van der Waals surface area contributed by atoms with E-state index < -0.39 is 10.0 Å². The molecule has 3 aromatic heterocycles. The number of anilines is 1. The normalized spacial score (nSPS) is 12.1. The predicted molar refractivity (Wildman–Crippen MR) is 77.0 cm³/mol. The van der Waals surface area contributed by atoms with E-state index in [4.69, 9.17) is 5.84 Å². The molecule has 0 fully saturated rings. The Kier molecular flexibility index (Phi) is 3.43. The molecule has 0 amide bonds. The van der Waals surface area contributed by atoms with Gasteiger partial charge in [-0.2, -0.15) is 4.98 Å². The third kappa shape index (κ3) is 2.29. The number of hydrogen-bond donors (Lipinski definition) is 3. The molecule has 0 aliphatic rings. The Morgan fingerprint density at radius 2 is 2.30 bits per heavy atom. The topological polar surface area (TPSA) is 114 Å². The molecule has 0 bridgehead atoms. The van der Waals surface area contributed by atoms with Crippen LogP contribution in [0.3, 0.4) is 0 Å². The molecule has 0 atom stereocenters. The van der Waals surface area contributed by atoms with Crippen molar-refractivity contribution >= 4 is 43.5 Å². The van der Waals surface area contributed by atoms with Gasteiger partial charge in [-0.15, -0.1) is 22.7 Å². The summed E-state index contributed by atoms with van der Waals surface area (Å²) in [6.45, 7) is 0.118. The summed E-state index contributed by atoms with van der Waals surface area (Å²) in [5.41, 5.74) is 4.62. The van der Waals surface area contributed by atoms with Crippen LogP contribution in [0.4, 0.5) is 5.82 Å². The number of rotatable bonds is 5. The largest absolute Gasteiger partial charge is 0.306 e. The second kappa shape index (κ2) is 5.10. The number of hydrogen-bond acceptors (Lipinski definition) is 8. The molecule has 8 nitrogen and oxygen atoms in total. The maximum atomic E-state index is 12.4. The zero-order chi connectivity index (χ0) is 14.2. The Morgan fingerprint density at radius 3 is 3.00 bits per heavy atom. The highest BCUT2D eigenvalue weighted by Gasteiger charge is 2.25. The number of nitrogens with one attached hydrogen (secondary N) is 2. The van der Waals surface area contributed by atoms with Crippen LogP contribution >= 0.6 is 22.7 Å². The van der Waals surface area contributed by atoms with Crippen molar-refractivity contribution in [1.29, 1.82) is 0 Å². The molecule has 3 rings (SSSR count). The zero-order valence-corrected chi connectivity index (χ0v) is 12.4. The van der Waals surface area contributed by atoms with Gasteiger partial charge in [0.25, 0.3) is 10.0 Å². The second-order valence-electron chi connectivity index (χ2n) is 3.77. The lowest BCUT2D eigenvalue weighted by Crippen LogP contribution is -2.26. The third-order valence-corrected chi connectivity index (χ3v) is 5.35. The number of nitrogen functional groups attached to an aromatic ring is 1. The van der Waals surface area contributed by atoms with E-state index in [-0.39, 0.29) is 17.4 Å². The summed E-state index contributed by atoms with van der Waals surface area (Å²) in [6, 6.07) is 0. The first-order chi connectivity index (χ1) is 9.62. The molecule has 0 aliphatic carbocycles. The number of nitrogens with two attached hydrogens (primary N) is 1. The first kappa shape index (κ1) is 13.5. The van der Waals surface area contributed by atoms with Gasteiger partial charge in [-0.25, -0.2) is 24.0 Å². The third-order valence-electron chi connectivity index (χ3n) is 2.54. The monoisotopic (exact) mass is 330 g/mol. The smallest absolute Gasteiger partial charge is 0.260 e. The molecule has 0 radical (unpaired) electrons. The first-order valence-corrected chi connectivity index (χ1v) is 8.71. The van der Waals surface area contributed by atoms with Gasteiger partial charge < -0.3 is 5.43 Å². The molecule has 0 aliphatic heterocycles. The summed E-state index contributed by atoms with van der Waals surface area (Å²) in [4.78, 5) is 8.69. The average molecular weight is 330 g/mol. The molecule has 20 heavy (non-hydrogen) atoms. The fraction of sp³-hybridized carbons (Fsp3) is 0.111. The van der Waals surface area contributed by atoms with Crippen molar-refractivity contribution in [2.45, 2.75) is 11.6 Å². The van der Waals surface area contributed by atoms with Crippen molar-refractivity contribution in [3.63, 3.8) is 0 Å². The van der Waals surface area contributed by atoms with Crippen LogP contribution in [0.5, 0.6) is 0 Å². The number of fused-ring (bicyclic) bond motifs is 1. The van der Waals surface area contributed by atoms with E-state index >= 15 is 0 Å². The van der Waals surface area contributed by atoms with E-state index in [9.17, 15) is 8.42 Å². The van der Waals surface area contributed by atoms with Gasteiger partial charge in [-0.05, 0) is 0 Å². The molecule has 11 heteroatoms. The van der Waals surface area contributed by atoms with Crippen LogP contribution in [-0.4, -0.2) is 22.8 Å². The van der Waals surface area contributed by atoms with Crippen LogP contribution < -0.4 is 16.0 Å². The molecule has 106 valence electrons. The first-order valence-electron chi connectivity index (χ1n) is 5.41. The van der Waals surface area contributed by atoms with Gasteiger partial charge in [0.15, 0.2) is 10.8 Å². The highest BCUT2D eigenvalue weighted by molar-refractivity contribution is 7.89. The van der Waals surface area contributed by atoms with Crippen LogP contribution in [0.1, 0.15) is 5.69 Å². The van der Waals surface area contributed by atoms with Crippen molar-refractivity contribution in [3.05, 3.63) is 28.2 Å². The van der Waals surface area contributed by atoms with Crippen LogP contribution in [0.15, 0.2) is 27.5 Å². The lowest BCUT2D eigenvalue weighted by atomic mass is 10.5. The number of thiazole rings is 2. The lowest BCUT2D eigenvalue weighted by Gasteiger charge is -2.06. The van der Waals surface area contributed by atoms with Gasteiger partial charge in [0, 0.05) is 17.0 Å². The summed E-state index contributed by atoms with van der Waals surface area (Å²) >= 11 is 2.73. The Hall–Kier alpha value is -1.53. The van der Waals surface area contributed by atoms with Gasteiger partial charge in [0.05, 0.1) is 17.7 Å². The average Bonchev–Trinajstić information content (AvgIpc) is 3.11. The van der Waals surface area contributed by atoms with E-state index in [0.29, 0.717) is 10.7 Å². The van der Waals surface area contributed by atoms with Crippen LogP contribution in [0.25, 0.3) is 4.96 Å². The molecule has 0 saturated heterocycles. The Labute approximate surface area is 122 Å². The summed E-state index contributed by atoms with van der Waals surface area (Å²) in [6.07, 6.45) is 1.63. The van der Waals surface area contributed by atoms with E-state index in [2.05, 4.69) is 20.1 Å².